The number of hydrogen-bond donors (Lipinski definition) is 2. The Bertz CT molecular complexity index is 431. The summed E-state index contributed by atoms with van der Waals surface area (Å²) in [6, 6.07) is 2.26. The van der Waals surface area contributed by atoms with E-state index in [2.05, 4.69) is 22.5 Å². The van der Waals surface area contributed by atoms with Gasteiger partial charge in [-0.1, -0.05) is 6.92 Å². The molecule has 92 valence electrons. The molecule has 0 radical (unpaired) electrons. The predicted molar refractivity (Wildman–Crippen MR) is 68.2 cm³/mol. The van der Waals surface area contributed by atoms with Gasteiger partial charge in [-0.05, 0) is 32.3 Å². The Balaban J connectivity index is 2.15. The van der Waals surface area contributed by atoms with Crippen LogP contribution in [0.1, 0.15) is 36.3 Å². The van der Waals surface area contributed by atoms with E-state index < -0.39 is 0 Å². The van der Waals surface area contributed by atoms with Crippen molar-refractivity contribution in [3.8, 4) is 0 Å². The lowest BCUT2D eigenvalue weighted by Crippen LogP contribution is -2.27. The quantitative estimate of drug-likeness (QED) is 0.836. The van der Waals surface area contributed by atoms with Crippen LogP contribution in [0.3, 0.4) is 0 Å². The van der Waals surface area contributed by atoms with Gasteiger partial charge in [-0.3, -0.25) is 9.78 Å². The SMILES string of the molecule is CCNc1cc(C)ncc1C(=O)NC1CC1C. The van der Waals surface area contributed by atoms with Crippen LogP contribution in [-0.2, 0) is 0 Å². The zero-order chi connectivity index (χ0) is 12.4. The number of nitrogens with one attached hydrogen (secondary N) is 2. The summed E-state index contributed by atoms with van der Waals surface area (Å²) in [7, 11) is 0. The maximum Gasteiger partial charge on any atom is 0.255 e. The summed E-state index contributed by atoms with van der Waals surface area (Å²) in [5.74, 6) is 0.586. The highest BCUT2D eigenvalue weighted by atomic mass is 16.1. The number of pyridine rings is 1. The van der Waals surface area contributed by atoms with Crippen molar-refractivity contribution in [3.63, 3.8) is 0 Å². The van der Waals surface area contributed by atoms with E-state index in [1.807, 2.05) is 19.9 Å². The van der Waals surface area contributed by atoms with Crippen LogP contribution >= 0.6 is 0 Å². The fraction of sp³-hybridized carbons (Fsp3) is 0.538. The Morgan fingerprint density at radius 3 is 2.88 bits per heavy atom. The van der Waals surface area contributed by atoms with Crippen molar-refractivity contribution in [1.82, 2.24) is 10.3 Å². The first-order valence-corrected chi connectivity index (χ1v) is 6.13. The zero-order valence-electron chi connectivity index (χ0n) is 10.6. The summed E-state index contributed by atoms with van der Waals surface area (Å²) in [6.07, 6.45) is 2.73. The van der Waals surface area contributed by atoms with Gasteiger partial charge in [0.05, 0.1) is 11.3 Å². The van der Waals surface area contributed by atoms with Gasteiger partial charge in [-0.25, -0.2) is 0 Å². The molecule has 1 aromatic heterocycles. The molecule has 1 amide bonds. The minimum Gasteiger partial charge on any atom is -0.385 e. The lowest BCUT2D eigenvalue weighted by Gasteiger charge is -2.11. The maximum absolute atomic E-state index is 12.1. The van der Waals surface area contributed by atoms with Crippen molar-refractivity contribution in [2.45, 2.75) is 33.2 Å². The van der Waals surface area contributed by atoms with Crippen LogP contribution in [0.15, 0.2) is 12.3 Å². The van der Waals surface area contributed by atoms with Crippen molar-refractivity contribution < 1.29 is 4.79 Å². The second-order valence-electron chi connectivity index (χ2n) is 4.69. The van der Waals surface area contributed by atoms with Gasteiger partial charge in [0.2, 0.25) is 0 Å². The standard InChI is InChI=1S/C13H19N3O/c1-4-14-12-6-9(3)15-7-10(12)13(17)16-11-5-8(11)2/h6-8,11H,4-5H2,1-3H3,(H,14,15)(H,16,17). The highest BCUT2D eigenvalue weighted by molar-refractivity contribution is 5.99. The number of carbonyl (C=O) groups is 1. The van der Waals surface area contributed by atoms with E-state index in [-0.39, 0.29) is 5.91 Å². The normalized spacial score (nSPS) is 22.1. The average Bonchev–Trinajstić information content (AvgIpc) is 2.94. The summed E-state index contributed by atoms with van der Waals surface area (Å²) in [4.78, 5) is 16.2. The molecule has 4 heteroatoms. The van der Waals surface area contributed by atoms with Crippen LogP contribution in [0.2, 0.25) is 0 Å². The maximum atomic E-state index is 12.1. The Labute approximate surface area is 102 Å². The second kappa shape index (κ2) is 4.73. The lowest BCUT2D eigenvalue weighted by atomic mass is 10.2. The minimum absolute atomic E-state index is 0.0252. The van der Waals surface area contributed by atoms with Gasteiger partial charge >= 0.3 is 0 Å². The van der Waals surface area contributed by atoms with E-state index in [9.17, 15) is 4.79 Å². The summed E-state index contributed by atoms with van der Waals surface area (Å²) >= 11 is 0. The summed E-state index contributed by atoms with van der Waals surface area (Å²) in [5.41, 5.74) is 2.42. The molecule has 0 spiro atoms. The Kier molecular flexibility index (Phi) is 3.31. The summed E-state index contributed by atoms with van der Waals surface area (Å²) < 4.78 is 0. The average molecular weight is 233 g/mol. The Morgan fingerprint density at radius 1 is 1.59 bits per heavy atom. The van der Waals surface area contributed by atoms with E-state index in [1.54, 1.807) is 6.20 Å². The van der Waals surface area contributed by atoms with Gasteiger partial charge in [0, 0.05) is 24.5 Å². The predicted octanol–water partition coefficient (Wildman–Crippen LogP) is 1.96. The van der Waals surface area contributed by atoms with Crippen LogP contribution in [0, 0.1) is 12.8 Å². The number of anilines is 1. The molecular formula is C13H19N3O. The second-order valence-corrected chi connectivity index (χ2v) is 4.69. The van der Waals surface area contributed by atoms with Gasteiger partial charge in [-0.2, -0.15) is 0 Å². The van der Waals surface area contributed by atoms with Crippen molar-refractivity contribution in [2.24, 2.45) is 5.92 Å². The lowest BCUT2D eigenvalue weighted by molar-refractivity contribution is 0.0950. The molecule has 0 saturated heterocycles. The monoisotopic (exact) mass is 233 g/mol. The number of carbonyl (C=O) groups excluding carboxylic acids is 1. The Morgan fingerprint density at radius 2 is 2.29 bits per heavy atom. The molecule has 0 aromatic carbocycles. The van der Waals surface area contributed by atoms with Crippen LogP contribution in [0.25, 0.3) is 0 Å². The molecular weight excluding hydrogens is 214 g/mol. The number of rotatable bonds is 4. The first-order chi connectivity index (χ1) is 8.11. The molecule has 1 heterocycles. The zero-order valence-corrected chi connectivity index (χ0v) is 10.6. The van der Waals surface area contributed by atoms with Gasteiger partial charge in [0.15, 0.2) is 0 Å². The van der Waals surface area contributed by atoms with Gasteiger partial charge in [0.25, 0.3) is 5.91 Å². The first-order valence-electron chi connectivity index (χ1n) is 6.13. The molecule has 17 heavy (non-hydrogen) atoms. The minimum atomic E-state index is -0.0252. The topological polar surface area (TPSA) is 54.0 Å². The largest absolute Gasteiger partial charge is 0.385 e. The number of amides is 1. The van der Waals surface area contributed by atoms with Crippen LogP contribution in [-0.4, -0.2) is 23.5 Å². The highest BCUT2D eigenvalue weighted by Crippen LogP contribution is 2.29. The number of aromatic nitrogens is 1. The molecule has 2 rings (SSSR count). The first kappa shape index (κ1) is 11.9. The molecule has 2 atom stereocenters. The Hall–Kier alpha value is -1.58. The van der Waals surface area contributed by atoms with Crippen molar-refractivity contribution in [3.05, 3.63) is 23.5 Å². The number of hydrogen-bond acceptors (Lipinski definition) is 3. The molecule has 4 nitrogen and oxygen atoms in total. The smallest absolute Gasteiger partial charge is 0.255 e. The third kappa shape index (κ3) is 2.75. The highest BCUT2D eigenvalue weighted by Gasteiger charge is 2.34. The molecule has 2 unspecified atom stereocenters. The van der Waals surface area contributed by atoms with Crippen molar-refractivity contribution >= 4 is 11.6 Å². The summed E-state index contributed by atoms with van der Waals surface area (Å²) in [5, 5.41) is 6.22. The summed E-state index contributed by atoms with van der Waals surface area (Å²) in [6.45, 7) is 6.87. The van der Waals surface area contributed by atoms with Crippen molar-refractivity contribution in [1.29, 1.82) is 0 Å². The van der Waals surface area contributed by atoms with E-state index in [0.717, 1.165) is 24.3 Å². The fourth-order valence-corrected chi connectivity index (χ4v) is 1.85. The van der Waals surface area contributed by atoms with E-state index in [1.165, 1.54) is 0 Å². The molecule has 0 bridgehead atoms. The molecule has 1 aromatic rings. The van der Waals surface area contributed by atoms with Crippen LogP contribution in [0.5, 0.6) is 0 Å². The molecule has 2 N–H and O–H groups in total. The van der Waals surface area contributed by atoms with Gasteiger partial charge < -0.3 is 10.6 Å². The van der Waals surface area contributed by atoms with E-state index in [0.29, 0.717) is 17.5 Å². The molecule has 0 aliphatic heterocycles. The number of aryl methyl sites for hydroxylation is 1. The van der Waals surface area contributed by atoms with E-state index >= 15 is 0 Å². The third-order valence-corrected chi connectivity index (χ3v) is 3.08. The van der Waals surface area contributed by atoms with E-state index in [4.69, 9.17) is 0 Å². The fourth-order valence-electron chi connectivity index (χ4n) is 1.85. The van der Waals surface area contributed by atoms with Gasteiger partial charge in [-0.15, -0.1) is 0 Å². The van der Waals surface area contributed by atoms with Gasteiger partial charge in [0.1, 0.15) is 0 Å². The number of nitrogens with zero attached hydrogens (tertiary/aromatic N) is 1. The third-order valence-electron chi connectivity index (χ3n) is 3.08. The van der Waals surface area contributed by atoms with Crippen LogP contribution in [0.4, 0.5) is 5.69 Å². The molecule has 1 aliphatic rings. The van der Waals surface area contributed by atoms with Crippen LogP contribution < -0.4 is 10.6 Å². The molecule has 1 fully saturated rings. The molecule has 1 saturated carbocycles. The molecule has 1 aliphatic carbocycles. The van der Waals surface area contributed by atoms with Crippen molar-refractivity contribution in [2.75, 3.05) is 11.9 Å².